The van der Waals surface area contributed by atoms with Crippen molar-refractivity contribution in [3.05, 3.63) is 59.4 Å². The van der Waals surface area contributed by atoms with Gasteiger partial charge in [-0.1, -0.05) is 11.3 Å². The maximum atomic E-state index is 12.8. The first-order valence-corrected chi connectivity index (χ1v) is 9.29. The number of aromatic nitrogens is 7. The van der Waals surface area contributed by atoms with Crippen LogP contribution >= 0.6 is 0 Å². The van der Waals surface area contributed by atoms with Crippen LogP contribution in [0.3, 0.4) is 0 Å². The van der Waals surface area contributed by atoms with E-state index < -0.39 is 12.7 Å². The number of fused-ring (bicyclic) bond motifs is 1. The summed E-state index contributed by atoms with van der Waals surface area (Å²) in [4.78, 5) is 28.4. The lowest BCUT2D eigenvalue weighted by Gasteiger charge is -2.09. The highest BCUT2D eigenvalue weighted by Gasteiger charge is 2.27. The smallest absolute Gasteiger partial charge is 0.405 e. The third-order valence-electron chi connectivity index (χ3n) is 4.23. The minimum absolute atomic E-state index is 0.115. The van der Waals surface area contributed by atoms with Crippen LogP contribution in [0.1, 0.15) is 0 Å². The van der Waals surface area contributed by atoms with Crippen molar-refractivity contribution >= 4 is 16.9 Å². The fourth-order valence-electron chi connectivity index (χ4n) is 2.73. The van der Waals surface area contributed by atoms with E-state index in [1.807, 2.05) is 0 Å². The molecule has 0 aliphatic carbocycles. The molecule has 0 spiro atoms. The van der Waals surface area contributed by atoms with E-state index in [9.17, 15) is 18.0 Å². The minimum atomic E-state index is -4.37. The van der Waals surface area contributed by atoms with Crippen LogP contribution in [0.25, 0.3) is 22.0 Å². The van der Waals surface area contributed by atoms with Crippen molar-refractivity contribution in [2.75, 3.05) is 18.5 Å². The SMILES string of the molecule is O=c1c2cc(-c3cnc(NCC(F)(F)F)nc3)ccc2nnn1CCOc1ncccn1. The molecule has 0 fully saturated rings. The first-order chi connectivity index (χ1) is 15.4. The van der Waals surface area contributed by atoms with E-state index in [1.165, 1.54) is 24.8 Å². The van der Waals surface area contributed by atoms with E-state index in [-0.39, 0.29) is 30.7 Å². The highest BCUT2D eigenvalue weighted by molar-refractivity contribution is 5.83. The Kier molecular flexibility index (Phi) is 5.87. The van der Waals surface area contributed by atoms with Gasteiger partial charge in [-0.15, -0.1) is 5.10 Å². The molecule has 32 heavy (non-hydrogen) atoms. The van der Waals surface area contributed by atoms with Gasteiger partial charge >= 0.3 is 12.2 Å². The number of benzene rings is 1. The molecule has 4 aromatic rings. The van der Waals surface area contributed by atoms with Crippen LogP contribution in [-0.2, 0) is 6.54 Å². The van der Waals surface area contributed by atoms with Crippen LogP contribution in [0, 0.1) is 0 Å². The fourth-order valence-corrected chi connectivity index (χ4v) is 2.73. The van der Waals surface area contributed by atoms with E-state index >= 15 is 0 Å². The summed E-state index contributed by atoms with van der Waals surface area (Å²) in [5, 5.41) is 10.4. The molecule has 164 valence electrons. The molecule has 13 heteroatoms. The third-order valence-corrected chi connectivity index (χ3v) is 4.23. The summed E-state index contributed by atoms with van der Waals surface area (Å²) in [7, 11) is 0. The summed E-state index contributed by atoms with van der Waals surface area (Å²) in [6.07, 6.45) is 1.44. The predicted molar refractivity (Wildman–Crippen MR) is 107 cm³/mol. The number of halogens is 3. The largest absolute Gasteiger partial charge is 0.461 e. The number of alkyl halides is 3. The number of hydrogen-bond acceptors (Lipinski definition) is 9. The standard InChI is InChI=1S/C19H15F3N8O2/c20-19(21,22)11-27-17-25-9-13(10-26-17)12-2-3-15-14(8-12)16(31)30(29-28-15)6-7-32-18-23-4-1-5-24-18/h1-5,8-10H,6-7,11H2,(H,25,26,27). The van der Waals surface area contributed by atoms with Crippen molar-refractivity contribution in [3.63, 3.8) is 0 Å². The minimum Gasteiger partial charge on any atom is -0.461 e. The van der Waals surface area contributed by atoms with E-state index in [0.29, 0.717) is 22.0 Å². The van der Waals surface area contributed by atoms with Gasteiger partial charge in [-0.25, -0.2) is 24.6 Å². The Morgan fingerprint density at radius 2 is 1.78 bits per heavy atom. The molecule has 1 N–H and O–H groups in total. The average Bonchev–Trinajstić information content (AvgIpc) is 2.80. The summed E-state index contributed by atoms with van der Waals surface area (Å²) in [6.45, 7) is -0.988. The second kappa shape index (κ2) is 8.91. The number of nitrogens with one attached hydrogen (secondary N) is 1. The van der Waals surface area contributed by atoms with Crippen molar-refractivity contribution in [2.24, 2.45) is 0 Å². The molecule has 0 saturated heterocycles. The summed E-state index contributed by atoms with van der Waals surface area (Å²) < 4.78 is 43.4. The predicted octanol–water partition coefficient (Wildman–Crippen LogP) is 2.09. The van der Waals surface area contributed by atoms with Crippen LogP contribution in [-0.4, -0.2) is 54.3 Å². The lowest BCUT2D eigenvalue weighted by Crippen LogP contribution is -2.27. The van der Waals surface area contributed by atoms with E-state index in [2.05, 4.69) is 35.6 Å². The monoisotopic (exact) mass is 444 g/mol. The van der Waals surface area contributed by atoms with E-state index in [0.717, 1.165) is 4.68 Å². The van der Waals surface area contributed by atoms with Crippen LogP contribution in [0.15, 0.2) is 53.8 Å². The number of nitrogens with zero attached hydrogens (tertiary/aromatic N) is 7. The molecule has 0 saturated carbocycles. The average molecular weight is 444 g/mol. The summed E-state index contributed by atoms with van der Waals surface area (Å²) in [6, 6.07) is 6.75. The lowest BCUT2D eigenvalue weighted by molar-refractivity contribution is -0.115. The number of ether oxygens (including phenoxy) is 1. The van der Waals surface area contributed by atoms with Crippen LogP contribution in [0.2, 0.25) is 0 Å². The number of rotatable bonds is 7. The van der Waals surface area contributed by atoms with Crippen molar-refractivity contribution in [3.8, 4) is 17.1 Å². The van der Waals surface area contributed by atoms with Crippen LogP contribution < -0.4 is 15.6 Å². The van der Waals surface area contributed by atoms with Gasteiger partial charge in [0, 0.05) is 30.4 Å². The highest BCUT2D eigenvalue weighted by Crippen LogP contribution is 2.21. The molecule has 0 bridgehead atoms. The van der Waals surface area contributed by atoms with Crippen LogP contribution in [0.4, 0.5) is 19.1 Å². The van der Waals surface area contributed by atoms with Crippen molar-refractivity contribution in [1.29, 1.82) is 0 Å². The molecule has 0 amide bonds. The van der Waals surface area contributed by atoms with Gasteiger partial charge in [-0.3, -0.25) is 4.79 Å². The molecule has 1 aromatic carbocycles. The molecule has 0 radical (unpaired) electrons. The molecule has 0 atom stereocenters. The van der Waals surface area contributed by atoms with Gasteiger partial charge < -0.3 is 10.1 Å². The van der Waals surface area contributed by atoms with Crippen molar-refractivity contribution in [1.82, 2.24) is 34.9 Å². The quantitative estimate of drug-likeness (QED) is 0.457. The highest BCUT2D eigenvalue weighted by atomic mass is 19.4. The molecule has 3 heterocycles. The molecule has 10 nitrogen and oxygen atoms in total. The molecule has 0 aliphatic rings. The second-order valence-electron chi connectivity index (χ2n) is 6.49. The molecular weight excluding hydrogens is 429 g/mol. The Morgan fingerprint density at radius 3 is 2.50 bits per heavy atom. The Labute approximate surface area is 178 Å². The lowest BCUT2D eigenvalue weighted by atomic mass is 10.1. The van der Waals surface area contributed by atoms with Crippen molar-refractivity contribution < 1.29 is 17.9 Å². The maximum Gasteiger partial charge on any atom is 0.405 e. The van der Waals surface area contributed by atoms with Gasteiger partial charge in [0.1, 0.15) is 18.7 Å². The first kappa shape index (κ1) is 21.1. The van der Waals surface area contributed by atoms with Crippen LogP contribution in [0.5, 0.6) is 6.01 Å². The van der Waals surface area contributed by atoms with Crippen molar-refractivity contribution in [2.45, 2.75) is 12.7 Å². The van der Waals surface area contributed by atoms with E-state index in [4.69, 9.17) is 4.74 Å². The van der Waals surface area contributed by atoms with Gasteiger partial charge in [-0.05, 0) is 23.8 Å². The molecule has 0 aliphatic heterocycles. The normalized spacial score (nSPS) is 11.5. The van der Waals surface area contributed by atoms with Gasteiger partial charge in [0.05, 0.1) is 11.9 Å². The zero-order valence-corrected chi connectivity index (χ0v) is 16.3. The molecule has 4 rings (SSSR count). The van der Waals surface area contributed by atoms with Gasteiger partial charge in [0.2, 0.25) is 5.95 Å². The molecule has 0 unspecified atom stereocenters. The van der Waals surface area contributed by atoms with E-state index in [1.54, 1.807) is 24.3 Å². The maximum absolute atomic E-state index is 12.8. The summed E-state index contributed by atoms with van der Waals surface area (Å²) in [5.41, 5.74) is 1.15. The number of anilines is 1. The topological polar surface area (TPSA) is 121 Å². The fraction of sp³-hybridized carbons (Fsp3) is 0.211. The third kappa shape index (κ3) is 5.11. The summed E-state index contributed by atoms with van der Waals surface area (Å²) in [5.74, 6) is -0.150. The van der Waals surface area contributed by atoms with Gasteiger partial charge in [-0.2, -0.15) is 13.2 Å². The summed E-state index contributed by atoms with van der Waals surface area (Å²) >= 11 is 0. The Bertz CT molecular complexity index is 1260. The first-order valence-electron chi connectivity index (χ1n) is 9.29. The van der Waals surface area contributed by atoms with Gasteiger partial charge in [0.15, 0.2) is 0 Å². The second-order valence-corrected chi connectivity index (χ2v) is 6.49. The van der Waals surface area contributed by atoms with Gasteiger partial charge in [0.25, 0.3) is 5.56 Å². The molecular formula is C19H15F3N8O2. The zero-order chi connectivity index (χ0) is 22.6. The Morgan fingerprint density at radius 1 is 1.03 bits per heavy atom. The Balaban J connectivity index is 1.51. The zero-order valence-electron chi connectivity index (χ0n) is 16.3. The number of hydrogen-bond donors (Lipinski definition) is 1. The Hall–Kier alpha value is -4.16. The molecule has 3 aromatic heterocycles.